The molecule has 0 amide bonds. The molecule has 0 aliphatic heterocycles. The number of hydrogen-bond acceptors (Lipinski definition) is 9. The maximum absolute atomic E-state index is 12.1. The van der Waals surface area contributed by atoms with Gasteiger partial charge in [-0.25, -0.2) is 0 Å². The second-order valence-electron chi connectivity index (χ2n) is 15.2. The highest BCUT2D eigenvalue weighted by Crippen LogP contribution is 2.15. The fourth-order valence-electron chi connectivity index (χ4n) is 6.25. The SMILES string of the molecule is CCCCCCCCCCCCCCCCCCOC(=O)[C@@H](N)CCC(=O)OC(=O)CCCCCCCCCCCCCCCCC.OCC(O)CO. The van der Waals surface area contributed by atoms with Gasteiger partial charge in [-0.15, -0.1) is 0 Å². The van der Waals surface area contributed by atoms with E-state index in [9.17, 15) is 14.4 Å². The van der Waals surface area contributed by atoms with E-state index in [0.717, 1.165) is 32.1 Å². The molecule has 0 rings (SSSR count). The largest absolute Gasteiger partial charge is 0.465 e. The monoisotopic (exact) mass is 758 g/mol. The number of ether oxygens (including phenoxy) is 2. The molecule has 0 aliphatic rings. The quantitative estimate of drug-likeness (QED) is 0.0272. The zero-order valence-electron chi connectivity index (χ0n) is 34.8. The first kappa shape index (κ1) is 53.6. The highest BCUT2D eigenvalue weighted by atomic mass is 16.6. The Morgan fingerprint density at radius 2 is 0.774 bits per heavy atom. The number of unbranched alkanes of at least 4 members (excludes halogenated alkanes) is 29. The van der Waals surface area contributed by atoms with Crippen LogP contribution in [0.3, 0.4) is 0 Å². The smallest absolute Gasteiger partial charge is 0.322 e. The number of esters is 3. The third-order valence-electron chi connectivity index (χ3n) is 9.84. The Labute approximate surface area is 326 Å². The van der Waals surface area contributed by atoms with Crippen molar-refractivity contribution in [2.24, 2.45) is 5.73 Å². The van der Waals surface area contributed by atoms with Crippen molar-refractivity contribution in [2.75, 3.05) is 19.8 Å². The minimum Gasteiger partial charge on any atom is -0.465 e. The van der Waals surface area contributed by atoms with Gasteiger partial charge in [0.2, 0.25) is 0 Å². The average Bonchev–Trinajstić information content (AvgIpc) is 3.16. The van der Waals surface area contributed by atoms with Crippen LogP contribution in [-0.4, -0.2) is 65.2 Å². The van der Waals surface area contributed by atoms with Crippen molar-refractivity contribution in [2.45, 2.75) is 244 Å². The zero-order valence-corrected chi connectivity index (χ0v) is 34.8. The van der Waals surface area contributed by atoms with Gasteiger partial charge in [-0.05, 0) is 19.3 Å². The van der Waals surface area contributed by atoms with Crippen LogP contribution in [0.25, 0.3) is 0 Å². The van der Waals surface area contributed by atoms with Gasteiger partial charge in [0.1, 0.15) is 12.1 Å². The summed E-state index contributed by atoms with van der Waals surface area (Å²) in [5.74, 6) is -1.58. The highest BCUT2D eigenvalue weighted by molar-refractivity contribution is 5.85. The van der Waals surface area contributed by atoms with Crippen molar-refractivity contribution in [3.8, 4) is 0 Å². The predicted octanol–water partition coefficient (Wildman–Crippen LogP) is 10.6. The van der Waals surface area contributed by atoms with Gasteiger partial charge in [0.15, 0.2) is 0 Å². The summed E-state index contributed by atoms with van der Waals surface area (Å²) >= 11 is 0. The molecule has 0 fully saturated rings. The van der Waals surface area contributed by atoms with E-state index in [1.54, 1.807) is 0 Å². The summed E-state index contributed by atoms with van der Waals surface area (Å²) in [5.41, 5.74) is 5.90. The second kappa shape index (κ2) is 44.8. The highest BCUT2D eigenvalue weighted by Gasteiger charge is 2.18. The molecule has 0 saturated heterocycles. The van der Waals surface area contributed by atoms with Gasteiger partial charge in [0.25, 0.3) is 0 Å². The lowest BCUT2D eigenvalue weighted by atomic mass is 10.0. The molecular formula is C44H87NO8. The molecule has 1 atom stereocenters. The summed E-state index contributed by atoms with van der Waals surface area (Å²) in [6.07, 6.45) is 39.2. The first-order valence-electron chi connectivity index (χ1n) is 22.4. The van der Waals surface area contributed by atoms with Crippen LogP contribution in [0.2, 0.25) is 0 Å². The number of rotatable bonds is 39. The zero-order chi connectivity index (χ0) is 39.5. The number of hydrogen-bond donors (Lipinski definition) is 4. The van der Waals surface area contributed by atoms with Gasteiger partial charge in [-0.3, -0.25) is 14.4 Å². The van der Waals surface area contributed by atoms with Crippen LogP contribution < -0.4 is 5.73 Å². The topological polar surface area (TPSA) is 156 Å². The lowest BCUT2D eigenvalue weighted by Gasteiger charge is -2.11. The molecule has 0 aliphatic carbocycles. The van der Waals surface area contributed by atoms with Crippen LogP contribution in [0, 0.1) is 0 Å². The first-order valence-corrected chi connectivity index (χ1v) is 22.4. The molecule has 0 heterocycles. The normalized spacial score (nSPS) is 11.7. The number of carbonyl (C=O) groups excluding carboxylic acids is 3. The molecular weight excluding hydrogens is 670 g/mol. The summed E-state index contributed by atoms with van der Waals surface area (Å²) in [5, 5.41) is 24.0. The maximum Gasteiger partial charge on any atom is 0.322 e. The van der Waals surface area contributed by atoms with E-state index < -0.39 is 30.1 Å². The molecule has 53 heavy (non-hydrogen) atoms. The standard InChI is InChI=1S/C41H79NO5.C3H8O3/c1-3-5-7-9-11-13-15-17-19-21-23-25-27-29-31-33-37-46-41(45)38(42)35-36-40(44)47-39(43)34-32-30-28-26-24-22-20-18-16-14-12-10-8-6-4-2;4-1-3(6)2-5/h38H,3-37,42H2,1-2H3;3-6H,1-2H2/t38-;/m0./s1. The molecule has 0 spiro atoms. The maximum atomic E-state index is 12.1. The minimum atomic E-state index is -0.954. The summed E-state index contributed by atoms with van der Waals surface area (Å²) < 4.78 is 10.2. The van der Waals surface area contributed by atoms with Gasteiger partial charge < -0.3 is 30.5 Å². The molecule has 0 unspecified atom stereocenters. The molecule has 0 saturated carbocycles. The summed E-state index contributed by atoms with van der Waals surface area (Å²) in [7, 11) is 0. The molecule has 0 radical (unpaired) electrons. The summed E-state index contributed by atoms with van der Waals surface area (Å²) in [4.78, 5) is 36.1. The number of aliphatic hydroxyl groups excluding tert-OH is 3. The van der Waals surface area contributed by atoms with E-state index in [2.05, 4.69) is 13.8 Å². The number of aliphatic hydroxyl groups is 3. The Balaban J connectivity index is 0. The fraction of sp³-hybridized carbons (Fsp3) is 0.932. The van der Waals surface area contributed by atoms with Crippen molar-refractivity contribution in [1.82, 2.24) is 0 Å². The molecule has 0 aromatic heterocycles. The van der Waals surface area contributed by atoms with Crippen molar-refractivity contribution in [1.29, 1.82) is 0 Å². The molecule has 0 aromatic carbocycles. The Hall–Kier alpha value is -1.55. The molecule has 0 bridgehead atoms. The van der Waals surface area contributed by atoms with Crippen LogP contribution in [0.4, 0.5) is 0 Å². The van der Waals surface area contributed by atoms with Crippen LogP contribution in [0.1, 0.15) is 232 Å². The first-order chi connectivity index (χ1) is 25.8. The number of nitrogens with two attached hydrogens (primary N) is 1. The molecule has 316 valence electrons. The molecule has 0 aromatic rings. The van der Waals surface area contributed by atoms with E-state index in [0.29, 0.717) is 6.61 Å². The summed E-state index contributed by atoms with van der Waals surface area (Å²) in [6, 6.07) is -0.866. The van der Waals surface area contributed by atoms with E-state index in [-0.39, 0.29) is 32.5 Å². The molecule has 9 nitrogen and oxygen atoms in total. The van der Waals surface area contributed by atoms with Crippen molar-refractivity contribution in [3.05, 3.63) is 0 Å². The van der Waals surface area contributed by atoms with Gasteiger partial charge in [-0.1, -0.05) is 200 Å². The Morgan fingerprint density at radius 1 is 0.472 bits per heavy atom. The van der Waals surface area contributed by atoms with Gasteiger partial charge in [-0.2, -0.15) is 0 Å². The van der Waals surface area contributed by atoms with Gasteiger partial charge in [0, 0.05) is 12.8 Å². The second-order valence-corrected chi connectivity index (χ2v) is 15.2. The Morgan fingerprint density at radius 3 is 1.09 bits per heavy atom. The fourth-order valence-corrected chi connectivity index (χ4v) is 6.25. The van der Waals surface area contributed by atoms with E-state index in [4.69, 9.17) is 30.5 Å². The van der Waals surface area contributed by atoms with E-state index >= 15 is 0 Å². The van der Waals surface area contributed by atoms with E-state index in [1.165, 1.54) is 167 Å². The minimum absolute atomic E-state index is 0.0556. The summed E-state index contributed by atoms with van der Waals surface area (Å²) in [6.45, 7) is 4.17. The third-order valence-corrected chi connectivity index (χ3v) is 9.84. The lowest BCUT2D eigenvalue weighted by molar-refractivity contribution is -0.159. The van der Waals surface area contributed by atoms with Crippen molar-refractivity contribution >= 4 is 17.9 Å². The van der Waals surface area contributed by atoms with Gasteiger partial charge in [0.05, 0.1) is 19.8 Å². The Kier molecular flexibility index (Phi) is 45.3. The van der Waals surface area contributed by atoms with E-state index in [1.807, 2.05) is 0 Å². The van der Waals surface area contributed by atoms with Crippen LogP contribution in [0.5, 0.6) is 0 Å². The third kappa shape index (κ3) is 44.7. The molecule has 9 heteroatoms. The number of carbonyl (C=O) groups is 3. The Bertz CT molecular complexity index is 777. The van der Waals surface area contributed by atoms with Crippen LogP contribution in [-0.2, 0) is 23.9 Å². The van der Waals surface area contributed by atoms with Crippen LogP contribution in [0.15, 0.2) is 0 Å². The van der Waals surface area contributed by atoms with Crippen molar-refractivity contribution in [3.63, 3.8) is 0 Å². The lowest BCUT2D eigenvalue weighted by Crippen LogP contribution is -2.33. The predicted molar refractivity (Wildman–Crippen MR) is 219 cm³/mol. The average molecular weight is 758 g/mol. The van der Waals surface area contributed by atoms with Gasteiger partial charge >= 0.3 is 17.9 Å². The molecule has 5 N–H and O–H groups in total. The van der Waals surface area contributed by atoms with Crippen molar-refractivity contribution < 1.29 is 39.2 Å². The van der Waals surface area contributed by atoms with Crippen LogP contribution >= 0.6 is 0 Å².